The largest absolute Gasteiger partial charge is 0.293 e. The van der Waals surface area contributed by atoms with E-state index in [-0.39, 0.29) is 5.78 Å². The number of rotatable bonds is 3. The standard InChI is InChI=1S/C8H7N3OS2/c1-5-9-3-8(14-5)7(12)2-6-4-13-11-10-6/h3-4H,2H2,1H3. The summed E-state index contributed by atoms with van der Waals surface area (Å²) in [5.74, 6) is 0.0586. The van der Waals surface area contributed by atoms with E-state index in [1.165, 1.54) is 22.9 Å². The molecule has 0 saturated carbocycles. The third kappa shape index (κ3) is 2.02. The number of aryl methyl sites for hydroxylation is 1. The van der Waals surface area contributed by atoms with E-state index < -0.39 is 0 Å². The molecule has 4 nitrogen and oxygen atoms in total. The lowest BCUT2D eigenvalue weighted by Crippen LogP contribution is -2.01. The van der Waals surface area contributed by atoms with Crippen LogP contribution in [0, 0.1) is 6.92 Å². The Bertz CT molecular complexity index is 435. The average Bonchev–Trinajstić information content (AvgIpc) is 2.75. The third-order valence-electron chi connectivity index (χ3n) is 1.64. The fourth-order valence-electron chi connectivity index (χ4n) is 1.00. The first-order chi connectivity index (χ1) is 6.75. The van der Waals surface area contributed by atoms with Crippen molar-refractivity contribution in [3.8, 4) is 0 Å². The van der Waals surface area contributed by atoms with Crippen LogP contribution >= 0.6 is 22.9 Å². The van der Waals surface area contributed by atoms with E-state index in [0.717, 1.165) is 10.7 Å². The van der Waals surface area contributed by atoms with Crippen LogP contribution in [0.25, 0.3) is 0 Å². The van der Waals surface area contributed by atoms with Crippen LogP contribution in [0.1, 0.15) is 20.4 Å². The summed E-state index contributed by atoms with van der Waals surface area (Å²) in [6.45, 7) is 1.88. The molecule has 14 heavy (non-hydrogen) atoms. The molecule has 0 aliphatic heterocycles. The molecule has 2 aromatic rings. The molecule has 0 aromatic carbocycles. The van der Waals surface area contributed by atoms with Gasteiger partial charge in [-0.3, -0.25) is 4.79 Å². The molecule has 72 valence electrons. The maximum Gasteiger partial charge on any atom is 0.180 e. The number of ketones is 1. The molecule has 2 heterocycles. The summed E-state index contributed by atoms with van der Waals surface area (Å²) in [6.07, 6.45) is 1.93. The number of thiazole rings is 1. The highest BCUT2D eigenvalue weighted by atomic mass is 32.1. The van der Waals surface area contributed by atoms with E-state index in [1.54, 1.807) is 11.6 Å². The Morgan fingerprint density at radius 1 is 1.57 bits per heavy atom. The van der Waals surface area contributed by atoms with Gasteiger partial charge in [-0.2, -0.15) is 0 Å². The highest BCUT2D eigenvalue weighted by molar-refractivity contribution is 7.13. The van der Waals surface area contributed by atoms with Gasteiger partial charge in [-0.15, -0.1) is 16.4 Å². The van der Waals surface area contributed by atoms with Crippen LogP contribution in [-0.2, 0) is 6.42 Å². The fourth-order valence-corrected chi connectivity index (χ4v) is 2.17. The van der Waals surface area contributed by atoms with Crippen LogP contribution in [0.15, 0.2) is 11.6 Å². The number of nitrogens with zero attached hydrogens (tertiary/aromatic N) is 3. The van der Waals surface area contributed by atoms with Crippen molar-refractivity contribution in [2.45, 2.75) is 13.3 Å². The van der Waals surface area contributed by atoms with Crippen LogP contribution in [-0.4, -0.2) is 20.4 Å². The zero-order chi connectivity index (χ0) is 9.97. The first-order valence-corrected chi connectivity index (χ1v) is 5.62. The summed E-state index contributed by atoms with van der Waals surface area (Å²) in [7, 11) is 0. The summed E-state index contributed by atoms with van der Waals surface area (Å²) in [6, 6.07) is 0. The summed E-state index contributed by atoms with van der Waals surface area (Å²) in [5, 5.41) is 6.51. The molecule has 0 saturated heterocycles. The topological polar surface area (TPSA) is 55.7 Å². The van der Waals surface area contributed by atoms with Gasteiger partial charge < -0.3 is 0 Å². The molecule has 2 aromatic heterocycles. The number of carbonyl (C=O) groups excluding carboxylic acids is 1. The van der Waals surface area contributed by atoms with Gasteiger partial charge in [0.15, 0.2) is 5.78 Å². The second-order valence-electron chi connectivity index (χ2n) is 2.74. The van der Waals surface area contributed by atoms with Gasteiger partial charge in [0, 0.05) is 11.6 Å². The average molecular weight is 225 g/mol. The molecule has 6 heteroatoms. The predicted octanol–water partition coefficient (Wildman–Crippen LogP) is 1.73. The lowest BCUT2D eigenvalue weighted by Gasteiger charge is -1.91. The minimum absolute atomic E-state index is 0.0586. The number of hydrogen-bond donors (Lipinski definition) is 0. The van der Waals surface area contributed by atoms with Crippen molar-refractivity contribution in [2.75, 3.05) is 0 Å². The van der Waals surface area contributed by atoms with Crippen LogP contribution in [0.2, 0.25) is 0 Å². The molecule has 0 aliphatic rings. The van der Waals surface area contributed by atoms with Gasteiger partial charge in [0.2, 0.25) is 0 Å². The predicted molar refractivity (Wildman–Crippen MR) is 54.8 cm³/mol. The van der Waals surface area contributed by atoms with Crippen molar-refractivity contribution in [1.29, 1.82) is 0 Å². The molecular weight excluding hydrogens is 218 g/mol. The summed E-state index contributed by atoms with van der Waals surface area (Å²) in [4.78, 5) is 16.4. The molecule has 0 bridgehead atoms. The molecule has 0 aliphatic carbocycles. The quantitative estimate of drug-likeness (QED) is 0.746. The van der Waals surface area contributed by atoms with Crippen LogP contribution in [0.3, 0.4) is 0 Å². The Hall–Kier alpha value is -1.14. The fraction of sp³-hybridized carbons (Fsp3) is 0.250. The Labute approximate surface area is 88.8 Å². The minimum atomic E-state index is 0.0586. The summed E-state index contributed by atoms with van der Waals surface area (Å²) >= 11 is 2.67. The molecule has 0 fully saturated rings. The summed E-state index contributed by atoms with van der Waals surface area (Å²) in [5.41, 5.74) is 0.728. The van der Waals surface area contributed by atoms with Crippen molar-refractivity contribution in [3.63, 3.8) is 0 Å². The van der Waals surface area contributed by atoms with E-state index in [0.29, 0.717) is 11.3 Å². The maximum absolute atomic E-state index is 11.6. The van der Waals surface area contributed by atoms with Crippen molar-refractivity contribution in [3.05, 3.63) is 27.2 Å². The number of hydrogen-bond acceptors (Lipinski definition) is 6. The van der Waals surface area contributed by atoms with Gasteiger partial charge in [0.05, 0.1) is 22.0 Å². The van der Waals surface area contributed by atoms with Crippen LogP contribution < -0.4 is 0 Å². The van der Waals surface area contributed by atoms with E-state index >= 15 is 0 Å². The van der Waals surface area contributed by atoms with E-state index in [1.807, 2.05) is 6.92 Å². The molecule has 0 unspecified atom stereocenters. The Kier molecular flexibility index (Phi) is 2.64. The molecule has 0 spiro atoms. The van der Waals surface area contributed by atoms with Gasteiger partial charge in [0.1, 0.15) is 0 Å². The first-order valence-electron chi connectivity index (χ1n) is 3.97. The van der Waals surface area contributed by atoms with E-state index in [9.17, 15) is 4.79 Å². The van der Waals surface area contributed by atoms with E-state index in [2.05, 4.69) is 14.6 Å². The molecule has 0 atom stereocenters. The van der Waals surface area contributed by atoms with Crippen molar-refractivity contribution in [2.24, 2.45) is 0 Å². The van der Waals surface area contributed by atoms with Crippen molar-refractivity contribution in [1.82, 2.24) is 14.6 Å². The Balaban J connectivity index is 2.10. The molecule has 0 amide bonds. The van der Waals surface area contributed by atoms with Crippen molar-refractivity contribution >= 4 is 28.7 Å². The van der Waals surface area contributed by atoms with Gasteiger partial charge in [-0.05, 0) is 18.5 Å². The van der Waals surface area contributed by atoms with Crippen LogP contribution in [0.4, 0.5) is 0 Å². The third-order valence-corrected chi connectivity index (χ3v) is 3.15. The number of carbonyl (C=O) groups is 1. The van der Waals surface area contributed by atoms with Gasteiger partial charge in [0.25, 0.3) is 0 Å². The smallest absolute Gasteiger partial charge is 0.180 e. The first kappa shape index (κ1) is 9.42. The minimum Gasteiger partial charge on any atom is -0.293 e. The van der Waals surface area contributed by atoms with Gasteiger partial charge >= 0.3 is 0 Å². The summed E-state index contributed by atoms with van der Waals surface area (Å²) < 4.78 is 3.70. The number of aromatic nitrogens is 3. The van der Waals surface area contributed by atoms with Crippen molar-refractivity contribution < 1.29 is 4.79 Å². The van der Waals surface area contributed by atoms with Gasteiger partial charge in [-0.1, -0.05) is 4.49 Å². The molecule has 2 rings (SSSR count). The highest BCUT2D eigenvalue weighted by Gasteiger charge is 2.11. The SMILES string of the molecule is Cc1ncc(C(=O)Cc2csnn2)s1. The monoisotopic (exact) mass is 225 g/mol. The zero-order valence-corrected chi connectivity index (χ0v) is 9.06. The van der Waals surface area contributed by atoms with Crippen LogP contribution in [0.5, 0.6) is 0 Å². The molecule has 0 N–H and O–H groups in total. The lowest BCUT2D eigenvalue weighted by molar-refractivity contribution is 0.0995. The second kappa shape index (κ2) is 3.93. The Morgan fingerprint density at radius 3 is 3.00 bits per heavy atom. The normalized spacial score (nSPS) is 10.4. The van der Waals surface area contributed by atoms with Gasteiger partial charge in [-0.25, -0.2) is 4.98 Å². The molecule has 0 radical (unpaired) electrons. The molecular formula is C8H7N3OS2. The zero-order valence-electron chi connectivity index (χ0n) is 7.43. The Morgan fingerprint density at radius 2 is 2.43 bits per heavy atom. The second-order valence-corrected chi connectivity index (χ2v) is 4.58. The maximum atomic E-state index is 11.6. The lowest BCUT2D eigenvalue weighted by atomic mass is 10.2. The highest BCUT2D eigenvalue weighted by Crippen LogP contribution is 2.14. The number of Topliss-reactive ketones (excluding diaryl/α,β-unsaturated/α-hetero) is 1. The van der Waals surface area contributed by atoms with E-state index in [4.69, 9.17) is 0 Å².